The summed E-state index contributed by atoms with van der Waals surface area (Å²) < 4.78 is 7.22. The number of thiophene rings is 1. The van der Waals surface area contributed by atoms with E-state index in [2.05, 4.69) is 5.32 Å². The van der Waals surface area contributed by atoms with Crippen LogP contribution in [0.15, 0.2) is 17.1 Å². The molecule has 2 heterocycles. The van der Waals surface area contributed by atoms with Crippen molar-refractivity contribution in [1.82, 2.24) is 9.88 Å². The number of hydrogen-bond acceptors (Lipinski definition) is 4. The summed E-state index contributed by atoms with van der Waals surface area (Å²) in [6.07, 6.45) is 1.72. The lowest BCUT2D eigenvalue weighted by Crippen LogP contribution is -2.28. The normalized spacial score (nSPS) is 10.9. The molecule has 5 nitrogen and oxygen atoms in total. The first-order valence-electron chi connectivity index (χ1n) is 5.92. The first-order valence-corrected chi connectivity index (χ1v) is 6.73. The van der Waals surface area contributed by atoms with E-state index in [0.717, 1.165) is 9.58 Å². The first-order chi connectivity index (χ1) is 9.06. The number of ether oxygens (including phenoxy) is 1. The number of nitrogens with zero attached hydrogens (tertiary/aromatic N) is 1. The maximum atomic E-state index is 12.2. The summed E-state index contributed by atoms with van der Waals surface area (Å²) in [5.74, 6) is -0.218. The van der Waals surface area contributed by atoms with Crippen LogP contribution in [-0.4, -0.2) is 30.7 Å². The van der Waals surface area contributed by atoms with Gasteiger partial charge in [0.25, 0.3) is 11.5 Å². The topological polar surface area (TPSA) is 60.3 Å². The van der Waals surface area contributed by atoms with Crippen LogP contribution >= 0.6 is 11.3 Å². The number of aryl methyl sites for hydroxylation is 2. The van der Waals surface area contributed by atoms with Crippen LogP contribution in [0.25, 0.3) is 10.1 Å². The summed E-state index contributed by atoms with van der Waals surface area (Å²) >= 11 is 1.46. The molecule has 0 aliphatic heterocycles. The number of amides is 1. The van der Waals surface area contributed by atoms with Crippen LogP contribution < -0.4 is 10.9 Å². The Balaban J connectivity index is 2.47. The molecule has 2 aromatic heterocycles. The van der Waals surface area contributed by atoms with Crippen LogP contribution in [0.1, 0.15) is 15.2 Å². The lowest BCUT2D eigenvalue weighted by atomic mass is 10.1. The van der Waals surface area contributed by atoms with Gasteiger partial charge in [0.05, 0.1) is 17.6 Å². The zero-order valence-corrected chi connectivity index (χ0v) is 12.0. The highest BCUT2D eigenvalue weighted by Gasteiger charge is 2.19. The molecule has 2 rings (SSSR count). The van der Waals surface area contributed by atoms with Crippen molar-refractivity contribution in [3.8, 4) is 0 Å². The summed E-state index contributed by atoms with van der Waals surface area (Å²) in [5, 5.41) is 3.26. The minimum Gasteiger partial charge on any atom is -0.383 e. The van der Waals surface area contributed by atoms with E-state index >= 15 is 0 Å². The third-order valence-electron chi connectivity index (χ3n) is 2.91. The monoisotopic (exact) mass is 280 g/mol. The fourth-order valence-electron chi connectivity index (χ4n) is 1.95. The molecule has 0 spiro atoms. The van der Waals surface area contributed by atoms with Crippen molar-refractivity contribution in [2.45, 2.75) is 6.92 Å². The van der Waals surface area contributed by atoms with E-state index in [9.17, 15) is 9.59 Å². The third-order valence-corrected chi connectivity index (χ3v) is 3.98. The minimum atomic E-state index is -0.218. The molecular formula is C13H16N2O3S. The SMILES string of the molecule is COCCNC(=O)c1c(C)sc2ccn(C)c(=O)c12. The van der Waals surface area contributed by atoms with E-state index in [4.69, 9.17) is 4.74 Å². The van der Waals surface area contributed by atoms with Crippen LogP contribution in [-0.2, 0) is 11.8 Å². The van der Waals surface area contributed by atoms with Gasteiger partial charge in [-0.15, -0.1) is 11.3 Å². The molecule has 0 aromatic carbocycles. The van der Waals surface area contributed by atoms with Crippen LogP contribution in [0.2, 0.25) is 0 Å². The highest BCUT2D eigenvalue weighted by atomic mass is 32.1. The zero-order valence-electron chi connectivity index (χ0n) is 11.1. The second-order valence-corrected chi connectivity index (χ2v) is 5.51. The van der Waals surface area contributed by atoms with Crippen LogP contribution in [0.4, 0.5) is 0 Å². The summed E-state index contributed by atoms with van der Waals surface area (Å²) in [7, 11) is 3.26. The van der Waals surface area contributed by atoms with E-state index < -0.39 is 0 Å². The lowest BCUT2D eigenvalue weighted by molar-refractivity contribution is 0.0938. The highest BCUT2D eigenvalue weighted by Crippen LogP contribution is 2.27. The van der Waals surface area contributed by atoms with Crippen LogP contribution in [0.3, 0.4) is 0 Å². The Morgan fingerprint density at radius 3 is 2.95 bits per heavy atom. The van der Waals surface area contributed by atoms with E-state index in [1.807, 2.05) is 13.0 Å². The predicted molar refractivity (Wildman–Crippen MR) is 76.0 cm³/mol. The van der Waals surface area contributed by atoms with Gasteiger partial charge in [-0.2, -0.15) is 0 Å². The van der Waals surface area contributed by atoms with Crippen molar-refractivity contribution in [2.75, 3.05) is 20.3 Å². The molecule has 102 valence electrons. The molecule has 6 heteroatoms. The van der Waals surface area contributed by atoms with E-state index in [1.54, 1.807) is 20.4 Å². The fraction of sp³-hybridized carbons (Fsp3) is 0.385. The van der Waals surface area contributed by atoms with Gasteiger partial charge in [0.1, 0.15) is 0 Å². The molecular weight excluding hydrogens is 264 g/mol. The largest absolute Gasteiger partial charge is 0.383 e. The molecule has 2 aromatic rings. The van der Waals surface area contributed by atoms with Crippen molar-refractivity contribution >= 4 is 27.3 Å². The number of pyridine rings is 1. The quantitative estimate of drug-likeness (QED) is 0.858. The number of rotatable bonds is 4. The fourth-order valence-corrected chi connectivity index (χ4v) is 2.99. The number of carbonyl (C=O) groups excluding carboxylic acids is 1. The average Bonchev–Trinajstić information content (AvgIpc) is 2.71. The Hall–Kier alpha value is -1.66. The van der Waals surface area contributed by atoms with Gasteiger partial charge in [-0.1, -0.05) is 0 Å². The van der Waals surface area contributed by atoms with Gasteiger partial charge in [-0.3, -0.25) is 9.59 Å². The first kappa shape index (κ1) is 13.8. The maximum absolute atomic E-state index is 12.2. The van der Waals surface area contributed by atoms with Gasteiger partial charge >= 0.3 is 0 Å². The van der Waals surface area contributed by atoms with Gasteiger partial charge in [-0.05, 0) is 13.0 Å². The van der Waals surface area contributed by atoms with Crippen molar-refractivity contribution in [2.24, 2.45) is 7.05 Å². The van der Waals surface area contributed by atoms with Crippen molar-refractivity contribution in [3.05, 3.63) is 33.1 Å². The lowest BCUT2D eigenvalue weighted by Gasteiger charge is -2.05. The van der Waals surface area contributed by atoms with Crippen molar-refractivity contribution in [3.63, 3.8) is 0 Å². The van der Waals surface area contributed by atoms with E-state index in [-0.39, 0.29) is 11.5 Å². The number of aromatic nitrogens is 1. The van der Waals surface area contributed by atoms with E-state index in [0.29, 0.717) is 24.1 Å². The molecule has 0 unspecified atom stereocenters. The van der Waals surface area contributed by atoms with Crippen molar-refractivity contribution < 1.29 is 9.53 Å². The smallest absolute Gasteiger partial charge is 0.259 e. The molecule has 0 aliphatic carbocycles. The summed E-state index contributed by atoms with van der Waals surface area (Å²) in [4.78, 5) is 25.2. The molecule has 0 saturated heterocycles. The number of methoxy groups -OCH3 is 1. The third kappa shape index (κ3) is 2.54. The highest BCUT2D eigenvalue weighted by molar-refractivity contribution is 7.19. The Morgan fingerprint density at radius 1 is 1.53 bits per heavy atom. The van der Waals surface area contributed by atoms with E-state index in [1.165, 1.54) is 15.9 Å². The number of fused-ring (bicyclic) bond motifs is 1. The standard InChI is InChI=1S/C13H16N2O3S/c1-8-10(12(16)14-5-7-18-3)11-9(19-8)4-6-15(2)13(11)17/h4,6H,5,7H2,1-3H3,(H,14,16). The second kappa shape index (κ2) is 5.54. The molecule has 0 radical (unpaired) electrons. The second-order valence-electron chi connectivity index (χ2n) is 4.25. The summed E-state index contributed by atoms with van der Waals surface area (Å²) in [6, 6.07) is 1.86. The molecule has 0 aliphatic rings. The predicted octanol–water partition coefficient (Wildman–Crippen LogP) is 1.28. The molecule has 0 bridgehead atoms. The summed E-state index contributed by atoms with van der Waals surface area (Å²) in [5.41, 5.74) is 0.344. The van der Waals surface area contributed by atoms with Gasteiger partial charge in [0.15, 0.2) is 0 Å². The maximum Gasteiger partial charge on any atom is 0.259 e. The summed E-state index contributed by atoms with van der Waals surface area (Å²) in [6.45, 7) is 2.74. The molecule has 0 atom stereocenters. The Labute approximate surface area is 114 Å². The average molecular weight is 280 g/mol. The molecule has 1 N–H and O–H groups in total. The Morgan fingerprint density at radius 2 is 2.26 bits per heavy atom. The number of hydrogen-bond donors (Lipinski definition) is 1. The Bertz CT molecular complexity index is 672. The number of nitrogens with one attached hydrogen (secondary N) is 1. The Kier molecular flexibility index (Phi) is 4.01. The van der Waals surface area contributed by atoms with Crippen LogP contribution in [0.5, 0.6) is 0 Å². The van der Waals surface area contributed by atoms with Gasteiger partial charge in [0, 0.05) is 36.5 Å². The van der Waals surface area contributed by atoms with Crippen LogP contribution in [0, 0.1) is 6.92 Å². The zero-order chi connectivity index (χ0) is 14.0. The van der Waals surface area contributed by atoms with Gasteiger partial charge < -0.3 is 14.6 Å². The van der Waals surface area contributed by atoms with Crippen molar-refractivity contribution in [1.29, 1.82) is 0 Å². The molecule has 1 amide bonds. The molecule has 0 saturated carbocycles. The molecule has 19 heavy (non-hydrogen) atoms. The minimum absolute atomic E-state index is 0.140. The molecule has 0 fully saturated rings. The van der Waals surface area contributed by atoms with Gasteiger partial charge in [0.2, 0.25) is 0 Å². The van der Waals surface area contributed by atoms with Gasteiger partial charge in [-0.25, -0.2) is 0 Å². The number of carbonyl (C=O) groups is 1.